The van der Waals surface area contributed by atoms with E-state index in [9.17, 15) is 4.79 Å². The summed E-state index contributed by atoms with van der Waals surface area (Å²) in [7, 11) is 0. The van der Waals surface area contributed by atoms with Gasteiger partial charge in [0.15, 0.2) is 0 Å². The SMILES string of the molecule is CCOCC1(OCO)CCN(C(=O)OC(C)(C)C)CC1. The molecule has 1 heterocycles. The van der Waals surface area contributed by atoms with E-state index in [2.05, 4.69) is 0 Å². The Morgan fingerprint density at radius 3 is 2.35 bits per heavy atom. The largest absolute Gasteiger partial charge is 0.444 e. The van der Waals surface area contributed by atoms with E-state index in [-0.39, 0.29) is 12.9 Å². The lowest BCUT2D eigenvalue weighted by Crippen LogP contribution is -2.51. The van der Waals surface area contributed by atoms with Crippen molar-refractivity contribution in [2.24, 2.45) is 0 Å². The number of ether oxygens (including phenoxy) is 3. The van der Waals surface area contributed by atoms with Crippen LogP contribution in [0.25, 0.3) is 0 Å². The van der Waals surface area contributed by atoms with E-state index >= 15 is 0 Å². The van der Waals surface area contributed by atoms with Crippen LogP contribution < -0.4 is 0 Å². The van der Waals surface area contributed by atoms with E-state index in [0.29, 0.717) is 39.1 Å². The molecule has 0 aliphatic carbocycles. The van der Waals surface area contributed by atoms with Crippen molar-refractivity contribution >= 4 is 6.09 Å². The van der Waals surface area contributed by atoms with E-state index in [4.69, 9.17) is 19.3 Å². The molecule has 1 fully saturated rings. The van der Waals surface area contributed by atoms with Gasteiger partial charge in [0.1, 0.15) is 12.4 Å². The summed E-state index contributed by atoms with van der Waals surface area (Å²) in [5.74, 6) is 0. The van der Waals surface area contributed by atoms with Crippen LogP contribution in [0.1, 0.15) is 40.5 Å². The Kier molecular flexibility index (Phi) is 6.23. The van der Waals surface area contributed by atoms with Crippen LogP contribution in [-0.4, -0.2) is 60.4 Å². The number of rotatable bonds is 5. The van der Waals surface area contributed by atoms with Crippen LogP contribution >= 0.6 is 0 Å². The first-order chi connectivity index (χ1) is 9.32. The molecule has 20 heavy (non-hydrogen) atoms. The van der Waals surface area contributed by atoms with E-state index in [1.54, 1.807) is 4.90 Å². The number of hydrogen-bond acceptors (Lipinski definition) is 5. The van der Waals surface area contributed by atoms with Crippen LogP contribution in [-0.2, 0) is 14.2 Å². The number of aliphatic hydroxyl groups excluding tert-OH is 1. The van der Waals surface area contributed by atoms with Crippen molar-refractivity contribution in [3.63, 3.8) is 0 Å². The van der Waals surface area contributed by atoms with Crippen LogP contribution in [0.5, 0.6) is 0 Å². The molecule has 0 aromatic carbocycles. The Morgan fingerprint density at radius 1 is 1.30 bits per heavy atom. The monoisotopic (exact) mass is 289 g/mol. The molecule has 0 saturated carbocycles. The van der Waals surface area contributed by atoms with Gasteiger partial charge in [-0.15, -0.1) is 0 Å². The average molecular weight is 289 g/mol. The van der Waals surface area contributed by atoms with Crippen LogP contribution in [0, 0.1) is 0 Å². The lowest BCUT2D eigenvalue weighted by Gasteiger charge is -2.41. The molecule has 1 amide bonds. The van der Waals surface area contributed by atoms with Gasteiger partial charge in [-0.3, -0.25) is 0 Å². The van der Waals surface area contributed by atoms with Crippen molar-refractivity contribution in [2.75, 3.05) is 33.1 Å². The first kappa shape index (κ1) is 17.2. The van der Waals surface area contributed by atoms with Gasteiger partial charge in [-0.2, -0.15) is 0 Å². The molecule has 118 valence electrons. The zero-order valence-electron chi connectivity index (χ0n) is 13.0. The standard InChI is InChI=1S/C14H27NO5/c1-5-18-10-14(19-11-16)6-8-15(9-7-14)12(17)20-13(2,3)4/h16H,5-11H2,1-4H3. The lowest BCUT2D eigenvalue weighted by molar-refractivity contribution is -0.166. The fourth-order valence-corrected chi connectivity index (χ4v) is 2.18. The molecule has 1 aliphatic rings. The lowest BCUT2D eigenvalue weighted by atomic mass is 9.92. The number of amides is 1. The van der Waals surface area contributed by atoms with Gasteiger partial charge in [-0.05, 0) is 40.5 Å². The minimum atomic E-state index is -0.497. The molecule has 1 aliphatic heterocycles. The molecule has 0 radical (unpaired) electrons. The number of aliphatic hydroxyl groups is 1. The predicted octanol–water partition coefficient (Wildman–Crippen LogP) is 1.76. The summed E-state index contributed by atoms with van der Waals surface area (Å²) in [6.07, 6.45) is 0.964. The molecule has 1 N–H and O–H groups in total. The minimum absolute atomic E-state index is 0.300. The second kappa shape index (κ2) is 7.24. The fourth-order valence-electron chi connectivity index (χ4n) is 2.18. The van der Waals surface area contributed by atoms with E-state index in [1.807, 2.05) is 27.7 Å². The van der Waals surface area contributed by atoms with E-state index < -0.39 is 11.2 Å². The van der Waals surface area contributed by atoms with Crippen molar-refractivity contribution < 1.29 is 24.1 Å². The molecule has 6 nitrogen and oxygen atoms in total. The highest BCUT2D eigenvalue weighted by Crippen LogP contribution is 2.27. The van der Waals surface area contributed by atoms with Crippen molar-refractivity contribution in [3.8, 4) is 0 Å². The molecule has 0 spiro atoms. The third-order valence-electron chi connectivity index (χ3n) is 3.27. The number of carbonyl (C=O) groups excluding carboxylic acids is 1. The van der Waals surface area contributed by atoms with Crippen LogP contribution in [0.3, 0.4) is 0 Å². The summed E-state index contributed by atoms with van der Waals surface area (Å²) in [6, 6.07) is 0. The highest BCUT2D eigenvalue weighted by Gasteiger charge is 2.38. The highest BCUT2D eigenvalue weighted by molar-refractivity contribution is 5.68. The third-order valence-corrected chi connectivity index (χ3v) is 3.27. The Morgan fingerprint density at radius 2 is 1.90 bits per heavy atom. The molecule has 0 unspecified atom stereocenters. The van der Waals surface area contributed by atoms with Gasteiger partial charge in [0.05, 0.1) is 12.2 Å². The van der Waals surface area contributed by atoms with Gasteiger partial charge < -0.3 is 24.2 Å². The summed E-state index contributed by atoms with van der Waals surface area (Å²) < 4.78 is 16.2. The van der Waals surface area contributed by atoms with Gasteiger partial charge in [0, 0.05) is 19.7 Å². The van der Waals surface area contributed by atoms with Gasteiger partial charge in [0.25, 0.3) is 0 Å². The smallest absolute Gasteiger partial charge is 0.410 e. The number of piperidine rings is 1. The molecule has 0 aromatic rings. The van der Waals surface area contributed by atoms with E-state index in [0.717, 1.165) is 0 Å². The Labute approximate surface area is 121 Å². The second-order valence-electron chi connectivity index (χ2n) is 6.06. The minimum Gasteiger partial charge on any atom is -0.444 e. The van der Waals surface area contributed by atoms with Crippen molar-refractivity contribution in [1.29, 1.82) is 0 Å². The summed E-state index contributed by atoms with van der Waals surface area (Å²) >= 11 is 0. The molecule has 1 saturated heterocycles. The predicted molar refractivity (Wildman–Crippen MR) is 74.4 cm³/mol. The van der Waals surface area contributed by atoms with Crippen molar-refractivity contribution in [2.45, 2.75) is 51.7 Å². The van der Waals surface area contributed by atoms with Crippen LogP contribution in [0.2, 0.25) is 0 Å². The Balaban J connectivity index is 2.53. The summed E-state index contributed by atoms with van der Waals surface area (Å²) in [5, 5.41) is 9.03. The maximum Gasteiger partial charge on any atom is 0.410 e. The number of likely N-dealkylation sites (tertiary alicyclic amines) is 1. The summed E-state index contributed by atoms with van der Waals surface area (Å²) in [6.45, 7) is 9.26. The van der Waals surface area contributed by atoms with Crippen LogP contribution in [0.4, 0.5) is 4.79 Å². The molecular formula is C14H27NO5. The normalized spacial score (nSPS) is 18.9. The number of nitrogens with zero attached hydrogens (tertiary/aromatic N) is 1. The zero-order chi connectivity index (χ0) is 15.2. The van der Waals surface area contributed by atoms with Crippen molar-refractivity contribution in [1.82, 2.24) is 4.90 Å². The fraction of sp³-hybridized carbons (Fsp3) is 0.929. The number of hydrogen-bond donors (Lipinski definition) is 1. The number of carbonyl (C=O) groups is 1. The molecule has 0 atom stereocenters. The van der Waals surface area contributed by atoms with Gasteiger partial charge >= 0.3 is 6.09 Å². The van der Waals surface area contributed by atoms with Gasteiger partial charge in [-0.1, -0.05) is 0 Å². The highest BCUT2D eigenvalue weighted by atomic mass is 16.6. The molecule has 6 heteroatoms. The quantitative estimate of drug-likeness (QED) is 0.781. The molecule has 0 bridgehead atoms. The second-order valence-corrected chi connectivity index (χ2v) is 6.06. The Hall–Kier alpha value is -0.850. The third kappa shape index (κ3) is 5.26. The Bertz CT molecular complexity index is 305. The van der Waals surface area contributed by atoms with E-state index in [1.165, 1.54) is 0 Å². The molecule has 1 rings (SSSR count). The summed E-state index contributed by atoms with van der Waals surface area (Å²) in [5.41, 5.74) is -0.984. The first-order valence-electron chi connectivity index (χ1n) is 7.12. The maximum atomic E-state index is 12.0. The topological polar surface area (TPSA) is 68.2 Å². The zero-order valence-corrected chi connectivity index (χ0v) is 13.0. The first-order valence-corrected chi connectivity index (χ1v) is 7.12. The molecule has 0 aromatic heterocycles. The van der Waals surface area contributed by atoms with Gasteiger partial charge in [-0.25, -0.2) is 4.79 Å². The summed E-state index contributed by atoms with van der Waals surface area (Å²) in [4.78, 5) is 13.7. The molecular weight excluding hydrogens is 262 g/mol. The van der Waals surface area contributed by atoms with Crippen molar-refractivity contribution in [3.05, 3.63) is 0 Å². The average Bonchev–Trinajstić information content (AvgIpc) is 2.35. The van der Waals surface area contributed by atoms with Crippen LogP contribution in [0.15, 0.2) is 0 Å². The maximum absolute atomic E-state index is 12.0. The van der Waals surface area contributed by atoms with Gasteiger partial charge in [0.2, 0.25) is 0 Å².